The van der Waals surface area contributed by atoms with E-state index in [9.17, 15) is 0 Å². The molecule has 0 N–H and O–H groups in total. The summed E-state index contributed by atoms with van der Waals surface area (Å²) in [6, 6.07) is 71.7. The van der Waals surface area contributed by atoms with Gasteiger partial charge in [0, 0.05) is 75.5 Å². The van der Waals surface area contributed by atoms with E-state index in [1.165, 1.54) is 53.0 Å². The molecule has 1 atom stereocenters. The molecular formula is C69H46N4OS. The van der Waals surface area contributed by atoms with Crippen LogP contribution in [0.1, 0.15) is 42.1 Å². The Hall–Kier alpha value is -9.23. The van der Waals surface area contributed by atoms with Gasteiger partial charge in [-0.15, -0.1) is 11.3 Å². The SMILES string of the molecule is C1=CC(c2cc(-c3nc(C4=CCC(c5ccccc5)C=C4)nc(-c4ccc(-c5ccccc5)cc4)n3)cc(-c3ccccc3)c2-n2c3ccccc3c3c4sc5c(ccc6oc7ccccc7c65)c4ccc32)=CCC1. The molecule has 6 heteroatoms. The van der Waals surface area contributed by atoms with E-state index in [0.717, 1.165) is 91.5 Å². The highest BCUT2D eigenvalue weighted by Gasteiger charge is 2.26. The number of aromatic nitrogens is 4. The van der Waals surface area contributed by atoms with Crippen molar-refractivity contribution in [1.82, 2.24) is 19.5 Å². The molecule has 0 saturated carbocycles. The van der Waals surface area contributed by atoms with E-state index in [1.54, 1.807) is 0 Å². The topological polar surface area (TPSA) is 56.7 Å². The average Bonchev–Trinajstić information content (AvgIpc) is 4.30. The van der Waals surface area contributed by atoms with Gasteiger partial charge in [-0.2, -0.15) is 0 Å². The van der Waals surface area contributed by atoms with Crippen LogP contribution >= 0.6 is 11.3 Å². The van der Waals surface area contributed by atoms with Crippen molar-refractivity contribution < 1.29 is 4.42 Å². The van der Waals surface area contributed by atoms with Gasteiger partial charge in [0.2, 0.25) is 0 Å². The molecule has 75 heavy (non-hydrogen) atoms. The zero-order valence-electron chi connectivity index (χ0n) is 40.8. The van der Waals surface area contributed by atoms with Crippen molar-refractivity contribution in [2.75, 3.05) is 0 Å². The monoisotopic (exact) mass is 978 g/mol. The maximum absolute atomic E-state index is 6.42. The molecule has 9 aromatic carbocycles. The highest BCUT2D eigenvalue weighted by Crippen LogP contribution is 2.49. The summed E-state index contributed by atoms with van der Waals surface area (Å²) in [7, 11) is 0. The van der Waals surface area contributed by atoms with Gasteiger partial charge in [-0.25, -0.2) is 15.0 Å². The molecule has 0 aliphatic heterocycles. The van der Waals surface area contributed by atoms with Gasteiger partial charge in [-0.1, -0.05) is 194 Å². The van der Waals surface area contributed by atoms with Gasteiger partial charge in [0.05, 0.1) is 16.7 Å². The molecule has 0 amide bonds. The fourth-order valence-electron chi connectivity index (χ4n) is 11.6. The highest BCUT2D eigenvalue weighted by molar-refractivity contribution is 7.27. The largest absolute Gasteiger partial charge is 0.456 e. The molecule has 2 aliphatic rings. The van der Waals surface area contributed by atoms with E-state index in [1.807, 2.05) is 17.4 Å². The van der Waals surface area contributed by atoms with Crippen molar-refractivity contribution in [3.63, 3.8) is 0 Å². The van der Waals surface area contributed by atoms with Gasteiger partial charge in [0.15, 0.2) is 17.5 Å². The van der Waals surface area contributed by atoms with Crippen LogP contribution in [0.5, 0.6) is 0 Å². The number of para-hydroxylation sites is 2. The van der Waals surface area contributed by atoms with Gasteiger partial charge in [0.1, 0.15) is 11.2 Å². The number of allylic oxidation sites excluding steroid dienone is 8. The first kappa shape index (κ1) is 43.4. The molecule has 5 nitrogen and oxygen atoms in total. The summed E-state index contributed by atoms with van der Waals surface area (Å²) < 4.78 is 11.5. The quantitative estimate of drug-likeness (QED) is 0.152. The fourth-order valence-corrected chi connectivity index (χ4v) is 13.0. The van der Waals surface area contributed by atoms with Crippen LogP contribution < -0.4 is 0 Å². The summed E-state index contributed by atoms with van der Waals surface area (Å²) in [6.45, 7) is 0. The maximum atomic E-state index is 6.42. The molecule has 0 saturated heterocycles. The van der Waals surface area contributed by atoms with Gasteiger partial charge < -0.3 is 8.98 Å². The minimum Gasteiger partial charge on any atom is -0.456 e. The Morgan fingerprint density at radius 1 is 0.440 bits per heavy atom. The first-order valence-corrected chi connectivity index (χ1v) is 26.7. The van der Waals surface area contributed by atoms with Gasteiger partial charge in [0.25, 0.3) is 0 Å². The Bertz CT molecular complexity index is 4540. The van der Waals surface area contributed by atoms with E-state index in [0.29, 0.717) is 17.5 Å². The molecule has 0 radical (unpaired) electrons. The predicted molar refractivity (Wildman–Crippen MR) is 313 cm³/mol. The standard InChI is InChI=1S/C69H46N4OS/c1-5-17-43(18-6-1)45-29-33-49(34-30-45)67-70-68(50-35-31-46(32-36-50)44-19-7-2-8-20-44)72-69(71-67)51-41-56(47-21-9-3-10-22-47)64(57(42-51)48-23-11-4-12-24-48)73-58-27-15-13-25-54(58)62-59(73)39-37-52-53-38-40-61-63(66(53)75-65(52)62)55-26-14-16-28-60(55)74-61/h1-3,5-11,13-31,33-42,46H,4,12,32H2. The Morgan fingerprint density at radius 3 is 1.84 bits per heavy atom. The van der Waals surface area contributed by atoms with Crippen LogP contribution in [0.15, 0.2) is 241 Å². The Morgan fingerprint density at radius 2 is 1.08 bits per heavy atom. The Kier molecular flexibility index (Phi) is 10.3. The summed E-state index contributed by atoms with van der Waals surface area (Å²) in [5.74, 6) is 2.20. The van der Waals surface area contributed by atoms with Crippen LogP contribution in [0.4, 0.5) is 0 Å². The third-order valence-corrected chi connectivity index (χ3v) is 16.5. The summed E-state index contributed by atoms with van der Waals surface area (Å²) >= 11 is 1.88. The molecule has 2 aliphatic carbocycles. The van der Waals surface area contributed by atoms with E-state index in [-0.39, 0.29) is 5.92 Å². The number of furan rings is 1. The predicted octanol–water partition coefficient (Wildman–Crippen LogP) is 18.8. The third-order valence-electron chi connectivity index (χ3n) is 15.2. The molecule has 4 heterocycles. The van der Waals surface area contributed by atoms with Crippen molar-refractivity contribution in [2.24, 2.45) is 0 Å². The lowest BCUT2D eigenvalue weighted by molar-refractivity contribution is 0.669. The number of rotatable bonds is 8. The van der Waals surface area contributed by atoms with E-state index in [4.69, 9.17) is 19.4 Å². The molecule has 4 aromatic heterocycles. The highest BCUT2D eigenvalue weighted by atomic mass is 32.1. The van der Waals surface area contributed by atoms with Gasteiger partial charge in [-0.05, 0) is 89.6 Å². The van der Waals surface area contributed by atoms with Gasteiger partial charge in [-0.3, -0.25) is 0 Å². The van der Waals surface area contributed by atoms with E-state index >= 15 is 0 Å². The molecule has 354 valence electrons. The fraction of sp³-hybridized carbons (Fsp3) is 0.0580. The second kappa shape index (κ2) is 17.8. The molecular weight excluding hydrogens is 933 g/mol. The Balaban J connectivity index is 0.972. The van der Waals surface area contributed by atoms with Crippen molar-refractivity contribution in [3.8, 4) is 50.7 Å². The zero-order chi connectivity index (χ0) is 49.4. The molecule has 1 unspecified atom stereocenters. The summed E-state index contributed by atoms with van der Waals surface area (Å²) in [6.07, 6.45) is 16.6. The Labute approximate surface area is 437 Å². The first-order valence-electron chi connectivity index (χ1n) is 25.8. The summed E-state index contributed by atoms with van der Waals surface area (Å²) in [4.78, 5) is 16.1. The number of hydrogen-bond acceptors (Lipinski definition) is 5. The number of fused-ring (bicyclic) bond motifs is 11. The minimum atomic E-state index is 0.283. The normalized spacial score (nSPS) is 14.7. The van der Waals surface area contributed by atoms with Crippen molar-refractivity contribution in [1.29, 1.82) is 0 Å². The molecule has 15 rings (SSSR count). The second-order valence-corrected chi connectivity index (χ2v) is 20.7. The number of nitrogens with zero attached hydrogens (tertiary/aromatic N) is 4. The van der Waals surface area contributed by atoms with Crippen molar-refractivity contribution in [2.45, 2.75) is 25.2 Å². The lowest BCUT2D eigenvalue weighted by atomic mass is 9.90. The molecule has 0 bridgehead atoms. The minimum absolute atomic E-state index is 0.283. The van der Waals surface area contributed by atoms with Crippen LogP contribution in [-0.4, -0.2) is 19.5 Å². The van der Waals surface area contributed by atoms with Gasteiger partial charge >= 0.3 is 0 Å². The number of thiophene rings is 1. The molecule has 0 spiro atoms. The number of hydrogen-bond donors (Lipinski definition) is 0. The van der Waals surface area contributed by atoms with Crippen molar-refractivity contribution >= 4 is 86.4 Å². The third kappa shape index (κ3) is 7.32. The lowest BCUT2D eigenvalue weighted by Crippen LogP contribution is -2.07. The van der Waals surface area contributed by atoms with E-state index < -0.39 is 0 Å². The van der Waals surface area contributed by atoms with E-state index in [2.05, 4.69) is 235 Å². The summed E-state index contributed by atoms with van der Waals surface area (Å²) in [5.41, 5.74) is 16.2. The van der Waals surface area contributed by atoms with Crippen LogP contribution in [0, 0.1) is 0 Å². The second-order valence-electron chi connectivity index (χ2n) is 19.7. The smallest absolute Gasteiger partial charge is 0.164 e. The zero-order valence-corrected chi connectivity index (χ0v) is 41.6. The average molecular weight is 979 g/mol. The van der Waals surface area contributed by atoms with Crippen LogP contribution in [0.3, 0.4) is 0 Å². The van der Waals surface area contributed by atoms with Crippen LogP contribution in [0.2, 0.25) is 0 Å². The van der Waals surface area contributed by atoms with Crippen molar-refractivity contribution in [3.05, 3.63) is 254 Å². The lowest BCUT2D eigenvalue weighted by Gasteiger charge is -2.22. The number of benzene rings is 9. The maximum Gasteiger partial charge on any atom is 0.164 e. The first-order chi connectivity index (χ1) is 37.2. The molecule has 0 fully saturated rings. The molecule has 13 aromatic rings. The van der Waals surface area contributed by atoms with Crippen LogP contribution in [-0.2, 0) is 0 Å². The summed E-state index contributed by atoms with van der Waals surface area (Å²) in [5, 5.41) is 7.30. The van der Waals surface area contributed by atoms with Crippen LogP contribution in [0.25, 0.3) is 126 Å².